The highest BCUT2D eigenvalue weighted by Gasteiger charge is 2.22. The summed E-state index contributed by atoms with van der Waals surface area (Å²) in [6.07, 6.45) is 4.47. The van der Waals surface area contributed by atoms with E-state index in [4.69, 9.17) is 0 Å². The molecule has 2 aromatic carbocycles. The number of para-hydroxylation sites is 1. The largest absolute Gasteiger partial charge is 0.368 e. The smallest absolute Gasteiger partial charge is 0.269 e. The lowest BCUT2D eigenvalue weighted by Gasteiger charge is -2.20. The first-order chi connectivity index (χ1) is 13.9. The fourth-order valence-electron chi connectivity index (χ4n) is 3.41. The molecule has 0 bridgehead atoms. The molecule has 0 aliphatic heterocycles. The quantitative estimate of drug-likeness (QED) is 0.492. The molecule has 0 radical (unpaired) electrons. The Morgan fingerprint density at radius 1 is 1.10 bits per heavy atom. The molecule has 0 fully saturated rings. The molecular weight excluding hydrogens is 389 g/mol. The number of anilines is 1. The number of pyridine rings is 1. The minimum atomic E-state index is -3.80. The summed E-state index contributed by atoms with van der Waals surface area (Å²) in [6.45, 7) is 2.26. The normalized spacial score (nSPS) is 11.7. The van der Waals surface area contributed by atoms with E-state index in [1.165, 1.54) is 28.5 Å². The van der Waals surface area contributed by atoms with Crippen molar-refractivity contribution in [3.8, 4) is 0 Å². The third kappa shape index (κ3) is 3.49. The Morgan fingerprint density at radius 3 is 2.66 bits per heavy atom. The van der Waals surface area contributed by atoms with E-state index in [1.54, 1.807) is 48.5 Å². The summed E-state index contributed by atoms with van der Waals surface area (Å²) >= 11 is 0. The minimum Gasteiger partial charge on any atom is -0.368 e. The molecule has 0 saturated carbocycles. The van der Waals surface area contributed by atoms with E-state index >= 15 is 0 Å². The Hall–Kier alpha value is -3.19. The van der Waals surface area contributed by atoms with Crippen LogP contribution in [0.1, 0.15) is 11.1 Å². The monoisotopic (exact) mass is 409 g/mol. The van der Waals surface area contributed by atoms with Crippen LogP contribution in [-0.4, -0.2) is 24.4 Å². The maximum absolute atomic E-state index is 14.3. The van der Waals surface area contributed by atoms with Crippen LogP contribution in [0.4, 0.5) is 10.1 Å². The fraction of sp³-hybridized carbons (Fsp3) is 0.136. The number of nitrogens with zero attached hydrogens (tertiary/aromatic N) is 3. The first-order valence-corrected chi connectivity index (χ1v) is 10.5. The summed E-state index contributed by atoms with van der Waals surface area (Å²) in [5, 5.41) is 0.805. The molecule has 0 atom stereocenters. The van der Waals surface area contributed by atoms with Crippen molar-refractivity contribution in [2.75, 3.05) is 11.9 Å². The molecular formula is C22H20FN3O2S. The first-order valence-electron chi connectivity index (χ1n) is 9.10. The number of aromatic nitrogens is 2. The number of benzene rings is 2. The van der Waals surface area contributed by atoms with Crippen molar-refractivity contribution < 1.29 is 12.8 Å². The van der Waals surface area contributed by atoms with E-state index < -0.39 is 10.0 Å². The van der Waals surface area contributed by atoms with Gasteiger partial charge >= 0.3 is 0 Å². The molecule has 0 amide bonds. The van der Waals surface area contributed by atoms with Gasteiger partial charge in [-0.25, -0.2) is 16.8 Å². The van der Waals surface area contributed by atoms with E-state index in [2.05, 4.69) is 4.98 Å². The second kappa shape index (κ2) is 7.33. The van der Waals surface area contributed by atoms with E-state index in [9.17, 15) is 12.8 Å². The van der Waals surface area contributed by atoms with Gasteiger partial charge in [-0.1, -0.05) is 24.3 Å². The molecule has 0 saturated heterocycles. The highest BCUT2D eigenvalue weighted by molar-refractivity contribution is 7.90. The number of aryl methyl sites for hydroxylation is 1. The molecule has 2 aromatic heterocycles. The second-order valence-electron chi connectivity index (χ2n) is 6.97. The number of rotatable bonds is 5. The van der Waals surface area contributed by atoms with Gasteiger partial charge in [0, 0.05) is 37.6 Å². The highest BCUT2D eigenvalue weighted by Crippen LogP contribution is 2.28. The van der Waals surface area contributed by atoms with Gasteiger partial charge in [0.05, 0.1) is 11.2 Å². The third-order valence-electron chi connectivity index (χ3n) is 4.87. The van der Waals surface area contributed by atoms with Gasteiger partial charge in [-0.15, -0.1) is 0 Å². The van der Waals surface area contributed by atoms with Gasteiger partial charge in [0.1, 0.15) is 10.7 Å². The van der Waals surface area contributed by atoms with Crippen molar-refractivity contribution in [3.05, 3.63) is 90.1 Å². The van der Waals surface area contributed by atoms with Crippen LogP contribution in [0.15, 0.2) is 78.1 Å². The molecule has 29 heavy (non-hydrogen) atoms. The lowest BCUT2D eigenvalue weighted by molar-refractivity contribution is 0.588. The Kier molecular flexibility index (Phi) is 4.84. The van der Waals surface area contributed by atoms with E-state index in [0.717, 1.165) is 16.5 Å². The van der Waals surface area contributed by atoms with Gasteiger partial charge in [0.25, 0.3) is 10.0 Å². The Morgan fingerprint density at radius 2 is 1.90 bits per heavy atom. The summed E-state index contributed by atoms with van der Waals surface area (Å²) in [5.41, 5.74) is 2.78. The van der Waals surface area contributed by atoms with Crippen molar-refractivity contribution in [2.24, 2.45) is 0 Å². The molecule has 0 N–H and O–H groups in total. The average molecular weight is 409 g/mol. The van der Waals surface area contributed by atoms with Crippen LogP contribution in [-0.2, 0) is 16.6 Å². The topological polar surface area (TPSA) is 55.2 Å². The van der Waals surface area contributed by atoms with Crippen molar-refractivity contribution in [1.29, 1.82) is 0 Å². The Bertz CT molecular complexity index is 1280. The predicted octanol–water partition coefficient (Wildman–Crippen LogP) is 4.36. The molecule has 4 aromatic rings. The Balaban J connectivity index is 1.80. The predicted molar refractivity (Wildman–Crippen MR) is 112 cm³/mol. The standard InChI is InChI=1S/C22H20FN3O2S/c1-16-9-10-20(23)22(12-16)25(2)14-17-15-26(21-8-4-3-7-19(17)21)29(27,28)18-6-5-11-24-13-18/h3-13,15H,14H2,1-2H3. The minimum absolute atomic E-state index is 0.116. The van der Waals surface area contributed by atoms with Crippen LogP contribution < -0.4 is 4.90 Å². The van der Waals surface area contributed by atoms with Gasteiger partial charge in [-0.2, -0.15) is 0 Å². The molecule has 2 heterocycles. The number of hydrogen-bond donors (Lipinski definition) is 0. The highest BCUT2D eigenvalue weighted by atomic mass is 32.2. The second-order valence-corrected chi connectivity index (χ2v) is 8.79. The fourth-order valence-corrected chi connectivity index (χ4v) is 4.77. The van der Waals surface area contributed by atoms with E-state index in [-0.39, 0.29) is 10.7 Å². The van der Waals surface area contributed by atoms with Crippen LogP contribution in [0, 0.1) is 12.7 Å². The summed E-state index contributed by atoms with van der Waals surface area (Å²) in [6, 6.07) is 15.3. The van der Waals surface area contributed by atoms with Gasteiger partial charge in [0.15, 0.2) is 0 Å². The molecule has 0 unspecified atom stereocenters. The van der Waals surface area contributed by atoms with Crippen LogP contribution in [0.3, 0.4) is 0 Å². The van der Waals surface area contributed by atoms with Gasteiger partial charge in [-0.3, -0.25) is 4.98 Å². The molecule has 4 rings (SSSR count). The van der Waals surface area contributed by atoms with Crippen LogP contribution in [0.2, 0.25) is 0 Å². The molecule has 5 nitrogen and oxygen atoms in total. The lowest BCUT2D eigenvalue weighted by Crippen LogP contribution is -2.18. The van der Waals surface area contributed by atoms with Gasteiger partial charge in [-0.05, 0) is 48.4 Å². The zero-order valence-electron chi connectivity index (χ0n) is 16.1. The maximum Gasteiger partial charge on any atom is 0.269 e. The zero-order valence-corrected chi connectivity index (χ0v) is 16.9. The number of hydrogen-bond acceptors (Lipinski definition) is 4. The molecule has 7 heteroatoms. The molecule has 0 aliphatic carbocycles. The summed E-state index contributed by atoms with van der Waals surface area (Å²) in [7, 11) is -2.01. The molecule has 148 valence electrons. The van der Waals surface area contributed by atoms with Gasteiger partial charge < -0.3 is 4.90 Å². The summed E-state index contributed by atoms with van der Waals surface area (Å²) in [5.74, 6) is -0.315. The summed E-state index contributed by atoms with van der Waals surface area (Å²) < 4.78 is 41.9. The maximum atomic E-state index is 14.3. The van der Waals surface area contributed by atoms with Crippen molar-refractivity contribution >= 4 is 26.6 Å². The number of halogens is 1. The number of fused-ring (bicyclic) bond motifs is 1. The SMILES string of the molecule is Cc1ccc(F)c(N(C)Cc2cn(S(=O)(=O)c3cccnc3)c3ccccc23)c1. The average Bonchev–Trinajstić information content (AvgIpc) is 3.10. The van der Waals surface area contributed by atoms with Crippen LogP contribution in [0.5, 0.6) is 0 Å². The van der Waals surface area contributed by atoms with E-state index in [1.807, 2.05) is 19.1 Å². The van der Waals surface area contributed by atoms with Crippen molar-refractivity contribution in [3.63, 3.8) is 0 Å². The van der Waals surface area contributed by atoms with Crippen LogP contribution >= 0.6 is 0 Å². The van der Waals surface area contributed by atoms with Crippen molar-refractivity contribution in [2.45, 2.75) is 18.4 Å². The molecule has 0 aliphatic rings. The first kappa shape index (κ1) is 19.1. The zero-order chi connectivity index (χ0) is 20.6. The lowest BCUT2D eigenvalue weighted by atomic mass is 10.1. The van der Waals surface area contributed by atoms with Crippen molar-refractivity contribution in [1.82, 2.24) is 8.96 Å². The van der Waals surface area contributed by atoms with Crippen LogP contribution in [0.25, 0.3) is 10.9 Å². The molecule has 0 spiro atoms. The van der Waals surface area contributed by atoms with E-state index in [0.29, 0.717) is 17.7 Å². The van der Waals surface area contributed by atoms with Gasteiger partial charge in [0.2, 0.25) is 0 Å². The Labute approximate surface area is 169 Å². The summed E-state index contributed by atoms with van der Waals surface area (Å²) in [4.78, 5) is 5.83. The third-order valence-corrected chi connectivity index (χ3v) is 6.53.